The van der Waals surface area contributed by atoms with Crippen molar-refractivity contribution >= 4 is 39.3 Å². The van der Waals surface area contributed by atoms with Gasteiger partial charge in [0, 0.05) is 48.7 Å². The molecular formula is C77H100O13Si2. The lowest BCUT2D eigenvalue weighted by molar-refractivity contribution is 0.0984. The van der Waals surface area contributed by atoms with Crippen LogP contribution < -0.4 is 14.2 Å². The molecule has 0 aliphatic rings. The summed E-state index contributed by atoms with van der Waals surface area (Å²) < 4.78 is 28.4. The number of hydrogen-bond acceptors (Lipinski definition) is 13. The summed E-state index contributed by atoms with van der Waals surface area (Å²) >= 11 is 0. The van der Waals surface area contributed by atoms with E-state index in [4.69, 9.17) is 53.7 Å². The molecule has 0 radical (unpaired) electrons. The summed E-state index contributed by atoms with van der Waals surface area (Å²) in [7, 11) is -3.58. The first-order valence-electron chi connectivity index (χ1n) is 30.8. The molecule has 8 aromatic rings. The molecule has 0 fully saturated rings. The van der Waals surface area contributed by atoms with Crippen molar-refractivity contribution < 1.29 is 63.3 Å². The smallest absolute Gasteiger partial charge is 0.196 e. The molecule has 0 saturated heterocycles. The molecule has 8 aromatic carbocycles. The van der Waals surface area contributed by atoms with Crippen LogP contribution >= 0.6 is 0 Å². The highest BCUT2D eigenvalue weighted by atomic mass is 28.4. The maximum Gasteiger partial charge on any atom is 0.196 e. The van der Waals surface area contributed by atoms with E-state index in [9.17, 15) is 9.59 Å². The van der Waals surface area contributed by atoms with Crippen molar-refractivity contribution in [1.82, 2.24) is 0 Å². The van der Waals surface area contributed by atoms with Gasteiger partial charge in [-0.2, -0.15) is 0 Å². The Hall–Kier alpha value is -8.07. The second kappa shape index (κ2) is 42.9. The molecule has 0 aliphatic heterocycles. The number of ether oxygens (including phenoxy) is 3. The van der Waals surface area contributed by atoms with Crippen molar-refractivity contribution in [3.05, 3.63) is 276 Å². The van der Waals surface area contributed by atoms with Gasteiger partial charge in [-0.3, -0.25) is 9.59 Å². The highest BCUT2D eigenvalue weighted by Crippen LogP contribution is 2.38. The van der Waals surface area contributed by atoms with E-state index in [1.165, 1.54) is 12.1 Å². The molecule has 92 heavy (non-hydrogen) atoms. The van der Waals surface area contributed by atoms with Gasteiger partial charge in [0.25, 0.3) is 0 Å². The number of phenolic OH excluding ortho intramolecular Hbond substituents is 1. The summed E-state index contributed by atoms with van der Waals surface area (Å²) in [5, 5.41) is 49.7. The number of benzene rings is 8. The van der Waals surface area contributed by atoms with Crippen LogP contribution in [0.5, 0.6) is 23.0 Å². The number of carbonyl (C=O) groups is 2. The standard InChI is InChI=1S/C21H28O2Si.C20H26O3Si.C15H14O2.C13H10O2.2C3H8O2.C2H6/c1-17(18-10-8-7-9-11-18)19-12-14-20(15-13-19)22-16-23-24(5,6)21(2,3)4;1-20(2,3)24(4,5)23-15-22-18-13-11-17(12-14-18)19(21)16-9-7-6-8-10-16;1-12(13-5-3-2-4-6-13)14-7-9-15(10-8-14)17-11-16;14-12-8-6-11(7-9-12)13(15)10-4-2-1-3-5-10;2*4-2-1-3-5;1-2/h7-15H,1,16H2,2-6H3;6-14H,15H2,1-5H3;2-10,16H,1,11H2;1-9,14H;2*4-5H,1-3H2;1-2H3. The molecular weight excluding hydrogens is 1190 g/mol. The van der Waals surface area contributed by atoms with Crippen molar-refractivity contribution in [2.24, 2.45) is 0 Å². The Bertz CT molecular complexity index is 3140. The number of hydrogen-bond donors (Lipinski definition) is 6. The fraction of sp³-hybridized carbons (Fsp3) is 0.299. The van der Waals surface area contributed by atoms with Gasteiger partial charge in [0.15, 0.2) is 48.6 Å². The lowest BCUT2D eigenvalue weighted by atomic mass is 10.00. The van der Waals surface area contributed by atoms with E-state index in [2.05, 4.69) is 93.0 Å². The Labute approximate surface area is 550 Å². The van der Waals surface area contributed by atoms with Crippen LogP contribution in [-0.4, -0.2) is 106 Å². The molecule has 6 N–H and O–H groups in total. The Morgan fingerprint density at radius 2 is 0.587 bits per heavy atom. The van der Waals surface area contributed by atoms with E-state index in [-0.39, 0.29) is 67.4 Å². The molecule has 494 valence electrons. The molecule has 0 bridgehead atoms. The van der Waals surface area contributed by atoms with Crippen molar-refractivity contribution in [1.29, 1.82) is 0 Å². The quantitative estimate of drug-likeness (QED) is 0.0213. The van der Waals surface area contributed by atoms with E-state index in [1.54, 1.807) is 36.4 Å². The number of aliphatic hydroxyl groups is 5. The second-order valence-corrected chi connectivity index (χ2v) is 33.0. The molecule has 0 unspecified atom stereocenters. The van der Waals surface area contributed by atoms with Crippen LogP contribution in [0.15, 0.2) is 232 Å². The predicted octanol–water partition coefficient (Wildman–Crippen LogP) is 16.8. The molecule has 0 heterocycles. The minimum absolute atomic E-state index is 0.0136. The van der Waals surface area contributed by atoms with Gasteiger partial charge in [-0.15, -0.1) is 0 Å². The molecule has 0 amide bonds. The number of ketones is 2. The number of carbonyl (C=O) groups excluding carboxylic acids is 2. The molecule has 0 atom stereocenters. The lowest BCUT2D eigenvalue weighted by Crippen LogP contribution is -2.41. The normalized spacial score (nSPS) is 10.7. The van der Waals surface area contributed by atoms with Gasteiger partial charge >= 0.3 is 0 Å². The Kier molecular flexibility index (Phi) is 37.3. The minimum Gasteiger partial charge on any atom is -0.508 e. The van der Waals surface area contributed by atoms with Crippen molar-refractivity contribution in [3.63, 3.8) is 0 Å². The maximum atomic E-state index is 12.4. The zero-order valence-corrected chi connectivity index (χ0v) is 58.1. The molecule has 8 rings (SSSR count). The SMILES string of the molecule is C=C(c1ccccc1)c1ccc(OCO)cc1.C=C(c1ccccc1)c1ccc(OCO[Si](C)(C)C(C)(C)C)cc1.CC.CC(C)(C)[Si](C)(C)OCOc1ccc(C(=O)c2ccccc2)cc1.O=C(c1ccccc1)c1ccc(O)cc1.OCCCO.OCCCO. The minimum atomic E-state index is -1.81. The van der Waals surface area contributed by atoms with Crippen molar-refractivity contribution in [3.8, 4) is 23.0 Å². The maximum absolute atomic E-state index is 12.4. The molecule has 0 aliphatic carbocycles. The number of rotatable bonds is 22. The zero-order valence-electron chi connectivity index (χ0n) is 56.1. The molecule has 0 saturated carbocycles. The first-order chi connectivity index (χ1) is 43.8. The Morgan fingerprint density at radius 3 is 0.837 bits per heavy atom. The van der Waals surface area contributed by atoms with Crippen LogP contribution in [0.3, 0.4) is 0 Å². The van der Waals surface area contributed by atoms with Crippen LogP contribution in [0, 0.1) is 0 Å². The molecule has 0 aromatic heterocycles. The van der Waals surface area contributed by atoms with E-state index < -0.39 is 16.6 Å². The summed E-state index contributed by atoms with van der Waals surface area (Å²) in [5.74, 6) is 2.32. The third-order valence-corrected chi connectivity index (χ3v) is 23.6. The van der Waals surface area contributed by atoms with E-state index >= 15 is 0 Å². The van der Waals surface area contributed by atoms with Gasteiger partial charge in [-0.1, -0.05) is 214 Å². The summed E-state index contributed by atoms with van der Waals surface area (Å²) in [4.78, 5) is 24.2. The van der Waals surface area contributed by atoms with Crippen LogP contribution in [0.25, 0.3) is 11.1 Å². The summed E-state index contributed by atoms with van der Waals surface area (Å²) in [5.41, 5.74) is 8.94. The van der Waals surface area contributed by atoms with Gasteiger partial charge in [0.1, 0.15) is 23.0 Å². The van der Waals surface area contributed by atoms with Gasteiger partial charge < -0.3 is 53.7 Å². The lowest BCUT2D eigenvalue weighted by Gasteiger charge is -2.35. The largest absolute Gasteiger partial charge is 0.508 e. The summed E-state index contributed by atoms with van der Waals surface area (Å²) in [6.07, 6.45) is 1.00. The zero-order chi connectivity index (χ0) is 68.6. The summed E-state index contributed by atoms with van der Waals surface area (Å²) in [6.45, 7) is 35.0. The third kappa shape index (κ3) is 29.5. The number of phenols is 1. The summed E-state index contributed by atoms with van der Waals surface area (Å²) in [6, 6.07) is 67.5. The van der Waals surface area contributed by atoms with Gasteiger partial charge in [0.2, 0.25) is 0 Å². The third-order valence-electron chi connectivity index (χ3n) is 14.7. The molecule has 13 nitrogen and oxygen atoms in total. The number of aromatic hydroxyl groups is 1. The first kappa shape index (κ1) is 80.0. The van der Waals surface area contributed by atoms with Crippen LogP contribution in [0.2, 0.25) is 36.3 Å². The van der Waals surface area contributed by atoms with Crippen LogP contribution in [0.4, 0.5) is 0 Å². The predicted molar refractivity (Wildman–Crippen MR) is 381 cm³/mol. The molecule has 15 heteroatoms. The fourth-order valence-electron chi connectivity index (χ4n) is 7.08. The van der Waals surface area contributed by atoms with E-state index in [0.717, 1.165) is 39.1 Å². The topological polar surface area (TPSA) is 202 Å². The van der Waals surface area contributed by atoms with Gasteiger partial charge in [0.05, 0.1) is 0 Å². The van der Waals surface area contributed by atoms with Crippen molar-refractivity contribution in [2.45, 2.75) is 104 Å². The number of aliphatic hydroxyl groups excluding tert-OH is 5. The van der Waals surface area contributed by atoms with E-state index in [0.29, 0.717) is 53.4 Å². The first-order valence-corrected chi connectivity index (χ1v) is 36.6. The second-order valence-electron chi connectivity index (χ2n) is 23.4. The van der Waals surface area contributed by atoms with Crippen LogP contribution in [0.1, 0.15) is 122 Å². The van der Waals surface area contributed by atoms with Gasteiger partial charge in [-0.05, 0) is 155 Å². The monoisotopic (exact) mass is 1290 g/mol. The fourth-order valence-corrected chi connectivity index (χ4v) is 8.66. The highest BCUT2D eigenvalue weighted by Gasteiger charge is 2.38. The van der Waals surface area contributed by atoms with E-state index in [1.807, 2.05) is 172 Å². The highest BCUT2D eigenvalue weighted by molar-refractivity contribution is 6.74. The average Bonchev–Trinajstić information content (AvgIpc) is 1.56. The van der Waals surface area contributed by atoms with Crippen molar-refractivity contribution in [2.75, 3.05) is 46.8 Å². The van der Waals surface area contributed by atoms with Crippen LogP contribution in [-0.2, 0) is 8.85 Å². The Balaban J connectivity index is 0.000000399. The van der Waals surface area contributed by atoms with Gasteiger partial charge in [-0.25, -0.2) is 0 Å². The molecule has 0 spiro atoms. The average molecular weight is 1290 g/mol. The Morgan fingerprint density at radius 1 is 0.359 bits per heavy atom.